The molecule has 1 aliphatic carbocycles. The van der Waals surface area contributed by atoms with Crippen LogP contribution in [0.5, 0.6) is 0 Å². The SMILES string of the molecule is Cc1ccc(CSc2nc3c(c(=O)[nH]2)C(C(C)C)C2=C(CC(C)(C)CC2=O)N3)c(C)c1. The van der Waals surface area contributed by atoms with Gasteiger partial charge in [0.2, 0.25) is 0 Å². The van der Waals surface area contributed by atoms with Crippen LogP contribution in [0.25, 0.3) is 0 Å². The molecule has 6 heteroatoms. The summed E-state index contributed by atoms with van der Waals surface area (Å²) in [5.41, 5.74) is 5.78. The predicted octanol–water partition coefficient (Wildman–Crippen LogP) is 5.49. The van der Waals surface area contributed by atoms with E-state index in [2.05, 4.69) is 70.0 Å². The number of aryl methyl sites for hydroxylation is 2. The van der Waals surface area contributed by atoms with E-state index in [1.165, 1.54) is 28.5 Å². The number of fused-ring (bicyclic) bond motifs is 1. The normalized spacial score (nSPS) is 19.8. The molecule has 0 radical (unpaired) electrons. The number of anilines is 1. The lowest BCUT2D eigenvalue weighted by molar-refractivity contribution is -0.118. The van der Waals surface area contributed by atoms with Gasteiger partial charge in [-0.3, -0.25) is 9.59 Å². The minimum Gasteiger partial charge on any atom is -0.343 e. The Morgan fingerprint density at radius 1 is 1.19 bits per heavy atom. The number of aromatic nitrogens is 2. The van der Waals surface area contributed by atoms with Crippen LogP contribution in [0.4, 0.5) is 5.82 Å². The fourth-order valence-electron chi connectivity index (χ4n) is 4.83. The van der Waals surface area contributed by atoms with Crippen LogP contribution in [0.3, 0.4) is 0 Å². The summed E-state index contributed by atoms with van der Waals surface area (Å²) in [4.78, 5) is 33.9. The zero-order chi connectivity index (χ0) is 22.5. The average Bonchev–Trinajstić information content (AvgIpc) is 2.64. The number of hydrogen-bond donors (Lipinski definition) is 2. The predicted molar refractivity (Wildman–Crippen MR) is 127 cm³/mol. The Bertz CT molecular complexity index is 1140. The molecule has 1 aromatic carbocycles. The third kappa shape index (κ3) is 4.22. The number of rotatable bonds is 4. The van der Waals surface area contributed by atoms with Crippen LogP contribution in [-0.4, -0.2) is 15.8 Å². The van der Waals surface area contributed by atoms with Gasteiger partial charge in [0.05, 0.1) is 5.56 Å². The first-order chi connectivity index (χ1) is 14.6. The molecule has 0 bridgehead atoms. The summed E-state index contributed by atoms with van der Waals surface area (Å²) < 4.78 is 0. The summed E-state index contributed by atoms with van der Waals surface area (Å²) >= 11 is 1.53. The monoisotopic (exact) mass is 437 g/mol. The van der Waals surface area contributed by atoms with Crippen molar-refractivity contribution in [1.82, 2.24) is 9.97 Å². The Hall–Kier alpha value is -2.34. The van der Waals surface area contributed by atoms with Crippen molar-refractivity contribution in [2.45, 2.75) is 71.2 Å². The summed E-state index contributed by atoms with van der Waals surface area (Å²) in [5, 5.41) is 3.98. The third-order valence-electron chi connectivity index (χ3n) is 6.27. The number of nitrogens with zero attached hydrogens (tertiary/aromatic N) is 1. The molecule has 0 saturated carbocycles. The van der Waals surface area contributed by atoms with Gasteiger partial charge >= 0.3 is 0 Å². The van der Waals surface area contributed by atoms with Crippen LogP contribution in [-0.2, 0) is 10.5 Å². The molecule has 2 N–H and O–H groups in total. The van der Waals surface area contributed by atoms with Crippen LogP contribution in [0, 0.1) is 25.2 Å². The van der Waals surface area contributed by atoms with E-state index in [4.69, 9.17) is 4.98 Å². The van der Waals surface area contributed by atoms with E-state index >= 15 is 0 Å². The largest absolute Gasteiger partial charge is 0.343 e. The van der Waals surface area contributed by atoms with Gasteiger partial charge in [0.25, 0.3) is 5.56 Å². The topological polar surface area (TPSA) is 74.8 Å². The number of H-pyrrole nitrogens is 1. The second-order valence-electron chi connectivity index (χ2n) is 10.0. The fraction of sp³-hybridized carbons (Fsp3) is 0.480. The molecule has 1 aliphatic heterocycles. The van der Waals surface area contributed by atoms with E-state index in [9.17, 15) is 9.59 Å². The van der Waals surface area contributed by atoms with Crippen LogP contribution < -0.4 is 10.9 Å². The summed E-state index contributed by atoms with van der Waals surface area (Å²) in [5.74, 6) is 1.41. The Labute approximate surface area is 188 Å². The molecule has 2 aromatic rings. The molecule has 4 rings (SSSR count). The minimum atomic E-state index is -0.218. The number of Topliss-reactive ketones (excluding diaryl/α,β-unsaturated/α-hetero) is 1. The molecule has 0 spiro atoms. The van der Waals surface area contributed by atoms with E-state index in [0.717, 1.165) is 23.4 Å². The molecule has 0 fully saturated rings. The first-order valence-corrected chi connectivity index (χ1v) is 11.9. The second kappa shape index (κ2) is 7.97. The van der Waals surface area contributed by atoms with Crippen molar-refractivity contribution >= 4 is 23.4 Å². The van der Waals surface area contributed by atoms with Gasteiger partial charge in [-0.15, -0.1) is 0 Å². The molecule has 5 nitrogen and oxygen atoms in total. The molecule has 164 valence electrons. The van der Waals surface area contributed by atoms with Crippen LogP contribution in [0.1, 0.15) is 68.7 Å². The highest BCUT2D eigenvalue weighted by atomic mass is 32.2. The van der Waals surface area contributed by atoms with Gasteiger partial charge in [-0.25, -0.2) is 4.98 Å². The second-order valence-corrected chi connectivity index (χ2v) is 11.0. The molecule has 0 saturated heterocycles. The molecule has 1 atom stereocenters. The van der Waals surface area contributed by atoms with Gasteiger partial charge in [0, 0.05) is 29.4 Å². The molecular formula is C25H31N3O2S. The number of hydrogen-bond acceptors (Lipinski definition) is 5. The Kier molecular flexibility index (Phi) is 5.63. The smallest absolute Gasteiger partial charge is 0.257 e. The summed E-state index contributed by atoms with van der Waals surface area (Å²) in [6.45, 7) is 12.6. The summed E-state index contributed by atoms with van der Waals surface area (Å²) in [7, 11) is 0. The van der Waals surface area contributed by atoms with Gasteiger partial charge in [-0.05, 0) is 42.7 Å². The molecule has 2 heterocycles. The number of allylic oxidation sites excluding steroid dienone is 2. The Balaban J connectivity index is 1.69. The Morgan fingerprint density at radius 2 is 1.94 bits per heavy atom. The summed E-state index contributed by atoms with van der Waals surface area (Å²) in [6, 6.07) is 6.41. The molecule has 1 unspecified atom stereocenters. The molecule has 0 amide bonds. The van der Waals surface area contributed by atoms with Gasteiger partial charge in [0.1, 0.15) is 5.82 Å². The van der Waals surface area contributed by atoms with Gasteiger partial charge in [-0.1, -0.05) is 63.2 Å². The lowest BCUT2D eigenvalue weighted by Crippen LogP contribution is -2.38. The van der Waals surface area contributed by atoms with Crippen molar-refractivity contribution in [3.8, 4) is 0 Å². The number of carbonyl (C=O) groups is 1. The molecular weight excluding hydrogens is 406 g/mol. The van der Waals surface area contributed by atoms with E-state index < -0.39 is 0 Å². The fourth-order valence-corrected chi connectivity index (χ4v) is 5.77. The van der Waals surface area contributed by atoms with E-state index in [0.29, 0.717) is 23.0 Å². The molecule has 1 aromatic heterocycles. The average molecular weight is 438 g/mol. The number of thioether (sulfide) groups is 1. The first-order valence-electron chi connectivity index (χ1n) is 10.9. The highest BCUT2D eigenvalue weighted by Crippen LogP contribution is 2.47. The quantitative estimate of drug-likeness (QED) is 0.489. The van der Waals surface area contributed by atoms with Crippen LogP contribution in [0.2, 0.25) is 0 Å². The number of benzene rings is 1. The molecule has 31 heavy (non-hydrogen) atoms. The standard InChI is InChI=1S/C25H31N3O2S/c1-13(2)19-20-17(10-25(5,6)11-18(20)29)26-22-21(19)23(30)28-24(27-22)31-12-16-8-7-14(3)9-15(16)4/h7-9,13,19H,10-12H2,1-6H3,(H2,26,27,28,30). The van der Waals surface area contributed by atoms with Gasteiger partial charge in [0.15, 0.2) is 10.9 Å². The highest BCUT2D eigenvalue weighted by molar-refractivity contribution is 7.98. The van der Waals surface area contributed by atoms with Crippen molar-refractivity contribution in [2.24, 2.45) is 11.3 Å². The van der Waals surface area contributed by atoms with Gasteiger partial charge in [-0.2, -0.15) is 0 Å². The van der Waals surface area contributed by atoms with E-state index in [-0.39, 0.29) is 28.6 Å². The number of ketones is 1. The van der Waals surface area contributed by atoms with Crippen LogP contribution in [0.15, 0.2) is 39.4 Å². The lowest BCUT2D eigenvalue weighted by Gasteiger charge is -2.39. The molecule has 2 aliphatic rings. The van der Waals surface area contributed by atoms with Crippen molar-refractivity contribution in [3.63, 3.8) is 0 Å². The van der Waals surface area contributed by atoms with Crippen molar-refractivity contribution < 1.29 is 4.79 Å². The van der Waals surface area contributed by atoms with E-state index in [1.54, 1.807) is 0 Å². The zero-order valence-electron chi connectivity index (χ0n) is 19.2. The van der Waals surface area contributed by atoms with E-state index in [1.807, 2.05) is 0 Å². The lowest BCUT2D eigenvalue weighted by atomic mass is 9.68. The first kappa shape index (κ1) is 21.9. The van der Waals surface area contributed by atoms with Crippen molar-refractivity contribution in [3.05, 3.63) is 62.1 Å². The minimum absolute atomic E-state index is 0.0936. The summed E-state index contributed by atoms with van der Waals surface area (Å²) in [6.07, 6.45) is 1.30. The number of carbonyl (C=O) groups excluding carboxylic acids is 1. The third-order valence-corrected chi connectivity index (χ3v) is 7.20. The van der Waals surface area contributed by atoms with Crippen molar-refractivity contribution in [2.75, 3.05) is 5.32 Å². The van der Waals surface area contributed by atoms with Crippen molar-refractivity contribution in [1.29, 1.82) is 0 Å². The maximum absolute atomic E-state index is 13.1. The maximum Gasteiger partial charge on any atom is 0.257 e. The number of nitrogens with one attached hydrogen (secondary N) is 2. The highest BCUT2D eigenvalue weighted by Gasteiger charge is 2.42. The van der Waals surface area contributed by atoms with Gasteiger partial charge < -0.3 is 10.3 Å². The zero-order valence-corrected chi connectivity index (χ0v) is 20.0. The maximum atomic E-state index is 13.1. The van der Waals surface area contributed by atoms with Crippen LogP contribution >= 0.6 is 11.8 Å². The Morgan fingerprint density at radius 3 is 2.61 bits per heavy atom. The number of aromatic amines is 1.